The Labute approximate surface area is 185 Å². The Kier molecular flexibility index (Phi) is 8.03. The smallest absolute Gasteiger partial charge is 0.253 e. The first-order chi connectivity index (χ1) is 13.8. The van der Waals surface area contributed by atoms with E-state index in [1.807, 2.05) is 0 Å². The molecule has 0 bridgehead atoms. The van der Waals surface area contributed by atoms with Gasteiger partial charge in [-0.15, -0.1) is 0 Å². The van der Waals surface area contributed by atoms with Crippen LogP contribution in [0.1, 0.15) is 42.5 Å². The maximum absolute atomic E-state index is 12.6. The van der Waals surface area contributed by atoms with Crippen LogP contribution in [0.5, 0.6) is 0 Å². The van der Waals surface area contributed by atoms with E-state index in [0.717, 1.165) is 32.4 Å². The Morgan fingerprint density at radius 3 is 2.79 bits per heavy atom. The minimum absolute atomic E-state index is 0.00333. The van der Waals surface area contributed by atoms with Crippen molar-refractivity contribution in [3.8, 4) is 0 Å². The lowest BCUT2D eigenvalue weighted by Gasteiger charge is -2.44. The van der Waals surface area contributed by atoms with E-state index < -0.39 is 21.2 Å². The average molecular weight is 467 g/mol. The standard InChI is InChI=1S/C19H26Cl3N3O4/c20-19(21,22)18(23-17(26)13-5-3-7-15(11-13)25(27)28)29-12-14-6-4-10-24-9-2-1-8-16(14)24/h3,5,7,11,14,16,18,25,27H,1-2,4,6,8-10,12H2,(H,23,26)/t14-,16-,18-/m1/s1. The van der Waals surface area contributed by atoms with Crippen LogP contribution in [0.25, 0.3) is 0 Å². The second-order valence-electron chi connectivity index (χ2n) is 7.62. The molecule has 1 aromatic rings. The van der Waals surface area contributed by atoms with Crippen LogP contribution in [0.2, 0.25) is 0 Å². The van der Waals surface area contributed by atoms with Crippen molar-refractivity contribution in [1.82, 2.24) is 10.2 Å². The van der Waals surface area contributed by atoms with E-state index in [9.17, 15) is 10.0 Å². The molecule has 1 amide bonds. The highest BCUT2D eigenvalue weighted by atomic mass is 35.6. The molecular formula is C19H26Cl3N3O4. The predicted octanol–water partition coefficient (Wildman–Crippen LogP) is 2.80. The van der Waals surface area contributed by atoms with E-state index in [0.29, 0.717) is 18.6 Å². The van der Waals surface area contributed by atoms with Crippen LogP contribution in [0, 0.1) is 11.1 Å². The molecular weight excluding hydrogens is 441 g/mol. The van der Waals surface area contributed by atoms with E-state index in [-0.39, 0.29) is 11.3 Å². The van der Waals surface area contributed by atoms with Crippen LogP contribution >= 0.6 is 34.8 Å². The molecule has 7 nitrogen and oxygen atoms in total. The first-order valence-electron chi connectivity index (χ1n) is 9.82. The number of hydrogen-bond acceptors (Lipinski definition) is 5. The summed E-state index contributed by atoms with van der Waals surface area (Å²) in [6.45, 7) is 2.62. The highest BCUT2D eigenvalue weighted by Gasteiger charge is 2.38. The molecule has 29 heavy (non-hydrogen) atoms. The second-order valence-corrected chi connectivity index (χ2v) is 9.98. The highest BCUT2D eigenvalue weighted by molar-refractivity contribution is 6.68. The monoisotopic (exact) mass is 465 g/mol. The summed E-state index contributed by atoms with van der Waals surface area (Å²) in [6.07, 6.45) is 4.59. The summed E-state index contributed by atoms with van der Waals surface area (Å²) in [5.41, 5.74) is 0.160. The number of amides is 1. The number of alkyl halides is 3. The van der Waals surface area contributed by atoms with Crippen molar-refractivity contribution < 1.29 is 20.0 Å². The largest absolute Gasteiger partial charge is 0.595 e. The molecule has 3 rings (SSSR count). The van der Waals surface area contributed by atoms with Gasteiger partial charge in [-0.3, -0.25) is 4.79 Å². The van der Waals surface area contributed by atoms with Crippen LogP contribution in [0.4, 0.5) is 5.69 Å². The van der Waals surface area contributed by atoms with Gasteiger partial charge in [-0.05, 0) is 50.8 Å². The average Bonchev–Trinajstić information content (AvgIpc) is 2.70. The number of quaternary nitrogens is 1. The van der Waals surface area contributed by atoms with Crippen molar-refractivity contribution in [2.24, 2.45) is 5.92 Å². The molecule has 0 aromatic heterocycles. The first kappa shape index (κ1) is 23.0. The Morgan fingerprint density at radius 2 is 2.07 bits per heavy atom. The third-order valence-corrected chi connectivity index (χ3v) is 6.23. The summed E-state index contributed by atoms with van der Waals surface area (Å²) in [5.74, 6) is -0.237. The molecule has 0 saturated carbocycles. The zero-order chi connectivity index (χ0) is 21.0. The van der Waals surface area contributed by atoms with E-state index in [1.165, 1.54) is 37.1 Å². The zero-order valence-corrected chi connectivity index (χ0v) is 18.2. The van der Waals surface area contributed by atoms with Gasteiger partial charge in [-0.1, -0.05) is 47.3 Å². The molecule has 2 saturated heterocycles. The molecule has 2 aliphatic rings. The molecule has 162 valence electrons. The van der Waals surface area contributed by atoms with Crippen molar-refractivity contribution in [2.75, 3.05) is 19.7 Å². The number of hydrogen-bond donors (Lipinski definition) is 3. The third-order valence-electron chi connectivity index (χ3n) is 5.64. The molecule has 0 radical (unpaired) electrons. The molecule has 0 spiro atoms. The summed E-state index contributed by atoms with van der Waals surface area (Å²) < 4.78 is 4.03. The Morgan fingerprint density at radius 1 is 1.31 bits per heavy atom. The summed E-state index contributed by atoms with van der Waals surface area (Å²) in [4.78, 5) is 15.1. The van der Waals surface area contributed by atoms with Crippen LogP contribution < -0.4 is 10.5 Å². The number of piperidine rings is 2. The maximum Gasteiger partial charge on any atom is 0.253 e. The number of rotatable bonds is 6. The van der Waals surface area contributed by atoms with Gasteiger partial charge in [0.15, 0.2) is 11.9 Å². The number of carbonyl (C=O) groups is 1. The van der Waals surface area contributed by atoms with Gasteiger partial charge in [0.2, 0.25) is 3.79 Å². The Hall–Kier alpha value is -0.640. The topological polar surface area (TPSA) is 89.3 Å². The molecule has 4 atom stereocenters. The molecule has 2 aliphatic heterocycles. The van der Waals surface area contributed by atoms with E-state index >= 15 is 0 Å². The van der Waals surface area contributed by atoms with Gasteiger partial charge in [0.1, 0.15) is 0 Å². The van der Waals surface area contributed by atoms with Gasteiger partial charge < -0.3 is 20.2 Å². The van der Waals surface area contributed by atoms with E-state index in [4.69, 9.17) is 44.7 Å². The van der Waals surface area contributed by atoms with Crippen molar-refractivity contribution in [3.05, 3.63) is 35.0 Å². The van der Waals surface area contributed by atoms with Crippen molar-refractivity contribution in [3.63, 3.8) is 0 Å². The minimum atomic E-state index is -1.86. The Bertz CT molecular complexity index is 700. The van der Waals surface area contributed by atoms with E-state index in [1.54, 1.807) is 0 Å². The quantitative estimate of drug-likeness (QED) is 0.341. The van der Waals surface area contributed by atoms with Crippen molar-refractivity contribution in [2.45, 2.75) is 48.2 Å². The Balaban J connectivity index is 1.64. The lowest BCUT2D eigenvalue weighted by Crippen LogP contribution is -2.99. The number of benzene rings is 1. The van der Waals surface area contributed by atoms with Crippen LogP contribution in [-0.4, -0.2) is 51.8 Å². The van der Waals surface area contributed by atoms with Gasteiger partial charge in [0.05, 0.1) is 6.61 Å². The zero-order valence-electron chi connectivity index (χ0n) is 16.0. The van der Waals surface area contributed by atoms with Crippen molar-refractivity contribution in [1.29, 1.82) is 0 Å². The SMILES string of the molecule is O=C(N[C@H](OC[C@H]1CCCN2CCCC[C@H]12)C(Cl)(Cl)Cl)c1cccc([NH+]([O-])O)c1. The summed E-state index contributed by atoms with van der Waals surface area (Å²) in [5, 5.41) is 21.7. The fraction of sp³-hybridized carbons (Fsp3) is 0.632. The third kappa shape index (κ3) is 6.18. The lowest BCUT2D eigenvalue weighted by molar-refractivity contribution is -0.991. The minimum Gasteiger partial charge on any atom is -0.595 e. The van der Waals surface area contributed by atoms with Crippen LogP contribution in [0.3, 0.4) is 0 Å². The molecule has 10 heteroatoms. The summed E-state index contributed by atoms with van der Waals surface area (Å²) >= 11 is 18.2. The van der Waals surface area contributed by atoms with Crippen LogP contribution in [0.15, 0.2) is 24.3 Å². The van der Waals surface area contributed by atoms with Gasteiger partial charge in [-0.25, -0.2) is 5.21 Å². The fourth-order valence-electron chi connectivity index (χ4n) is 4.21. The maximum atomic E-state index is 12.6. The number of fused-ring (bicyclic) bond motifs is 1. The normalized spacial score (nSPS) is 25.1. The number of nitrogens with zero attached hydrogens (tertiary/aromatic N) is 1. The van der Waals surface area contributed by atoms with Gasteiger partial charge in [0.25, 0.3) is 5.91 Å². The summed E-state index contributed by atoms with van der Waals surface area (Å²) in [7, 11) is 0. The van der Waals surface area contributed by atoms with Gasteiger partial charge in [0, 0.05) is 23.7 Å². The molecule has 2 heterocycles. The number of carbonyl (C=O) groups excluding carboxylic acids is 1. The molecule has 2 fully saturated rings. The number of halogens is 3. The highest BCUT2D eigenvalue weighted by Crippen LogP contribution is 2.34. The molecule has 1 aromatic carbocycles. The first-order valence-corrected chi connectivity index (χ1v) is 11.0. The fourth-order valence-corrected chi connectivity index (χ4v) is 4.56. The van der Waals surface area contributed by atoms with E-state index in [2.05, 4.69) is 10.2 Å². The predicted molar refractivity (Wildman–Crippen MR) is 112 cm³/mol. The molecule has 1 unspecified atom stereocenters. The van der Waals surface area contributed by atoms with Crippen LogP contribution in [-0.2, 0) is 4.74 Å². The van der Waals surface area contributed by atoms with Gasteiger partial charge in [-0.2, -0.15) is 5.23 Å². The lowest BCUT2D eigenvalue weighted by atomic mass is 9.84. The van der Waals surface area contributed by atoms with Gasteiger partial charge >= 0.3 is 0 Å². The number of nitrogens with one attached hydrogen (secondary N) is 2. The number of ether oxygens (including phenoxy) is 1. The summed E-state index contributed by atoms with van der Waals surface area (Å²) in [6, 6.07) is 6.13. The second kappa shape index (κ2) is 10.1. The molecule has 3 N–H and O–H groups in total. The molecule has 0 aliphatic carbocycles. The van der Waals surface area contributed by atoms with Crippen molar-refractivity contribution >= 4 is 46.4 Å².